The monoisotopic (exact) mass is 223 g/mol. The molecule has 7 nitrogen and oxygen atoms in total. The van der Waals surface area contributed by atoms with E-state index in [9.17, 15) is 4.79 Å². The average molecular weight is 223 g/mol. The molecule has 0 saturated heterocycles. The van der Waals surface area contributed by atoms with E-state index in [-0.39, 0.29) is 17.6 Å². The van der Waals surface area contributed by atoms with Crippen molar-refractivity contribution in [1.82, 2.24) is 9.97 Å². The maximum atomic E-state index is 10.7. The first-order valence-electron chi connectivity index (χ1n) is 4.21. The van der Waals surface area contributed by atoms with Crippen molar-refractivity contribution in [2.24, 2.45) is 0 Å². The van der Waals surface area contributed by atoms with E-state index in [1.165, 1.54) is 20.3 Å². The molecule has 84 valence electrons. The molecule has 7 heteroatoms. The molecule has 16 heavy (non-hydrogen) atoms. The van der Waals surface area contributed by atoms with Gasteiger partial charge in [-0.1, -0.05) is 0 Å². The van der Waals surface area contributed by atoms with Gasteiger partial charge in [0.15, 0.2) is 5.82 Å². The van der Waals surface area contributed by atoms with Gasteiger partial charge in [0, 0.05) is 0 Å². The number of rotatable bonds is 4. The van der Waals surface area contributed by atoms with E-state index in [0.29, 0.717) is 0 Å². The minimum Gasteiger partial charge on any atom is -0.481 e. The number of nitrogens with zero attached hydrogens (tertiary/aromatic N) is 3. The van der Waals surface area contributed by atoms with Crippen LogP contribution in [-0.2, 0) is 4.79 Å². The molecule has 1 atom stereocenters. The number of aliphatic carboxylic acids is 1. The first-order chi connectivity index (χ1) is 7.62. The van der Waals surface area contributed by atoms with Gasteiger partial charge in [-0.3, -0.25) is 4.79 Å². The van der Waals surface area contributed by atoms with Crippen LogP contribution in [0.4, 0.5) is 0 Å². The zero-order valence-corrected chi connectivity index (χ0v) is 8.67. The number of nitriles is 1. The van der Waals surface area contributed by atoms with Crippen LogP contribution in [0.3, 0.4) is 0 Å². The number of aromatic nitrogens is 2. The normalized spacial score (nSPS) is 11.3. The molecule has 0 aliphatic carbocycles. The predicted octanol–water partition coefficient (Wildman–Crippen LogP) is 0.186. The van der Waals surface area contributed by atoms with Gasteiger partial charge in [-0.15, -0.1) is 0 Å². The fraction of sp³-hybridized carbons (Fsp3) is 0.333. The molecule has 1 heterocycles. The van der Waals surface area contributed by atoms with Crippen LogP contribution >= 0.6 is 0 Å². The molecule has 0 saturated carbocycles. The molecular formula is C9H9N3O4. The molecule has 0 radical (unpaired) electrons. The van der Waals surface area contributed by atoms with Crippen LogP contribution in [0, 0.1) is 11.3 Å². The Kier molecular flexibility index (Phi) is 3.61. The Morgan fingerprint density at radius 2 is 1.94 bits per heavy atom. The van der Waals surface area contributed by atoms with Crippen molar-refractivity contribution in [1.29, 1.82) is 5.26 Å². The molecule has 0 fully saturated rings. The Morgan fingerprint density at radius 1 is 1.44 bits per heavy atom. The Morgan fingerprint density at radius 3 is 2.25 bits per heavy atom. The van der Waals surface area contributed by atoms with Gasteiger partial charge in [0.2, 0.25) is 17.7 Å². The Hall–Kier alpha value is -2.36. The molecule has 0 aromatic carbocycles. The molecule has 1 aromatic rings. The largest absolute Gasteiger partial charge is 0.481 e. The SMILES string of the molecule is COc1cc(OC)nc(C(C#N)C(=O)O)n1. The lowest BCUT2D eigenvalue weighted by Gasteiger charge is -2.07. The Balaban J connectivity index is 3.22. The summed E-state index contributed by atoms with van der Waals surface area (Å²) >= 11 is 0. The smallest absolute Gasteiger partial charge is 0.328 e. The van der Waals surface area contributed by atoms with Crippen molar-refractivity contribution in [2.75, 3.05) is 14.2 Å². The van der Waals surface area contributed by atoms with Gasteiger partial charge in [-0.25, -0.2) is 0 Å². The average Bonchev–Trinajstić information content (AvgIpc) is 2.29. The van der Waals surface area contributed by atoms with Crippen molar-refractivity contribution in [3.8, 4) is 17.8 Å². The van der Waals surface area contributed by atoms with Crippen molar-refractivity contribution in [3.63, 3.8) is 0 Å². The zero-order chi connectivity index (χ0) is 12.1. The first-order valence-corrected chi connectivity index (χ1v) is 4.21. The van der Waals surface area contributed by atoms with E-state index >= 15 is 0 Å². The summed E-state index contributed by atoms with van der Waals surface area (Å²) in [5.41, 5.74) is 0. The highest BCUT2D eigenvalue weighted by atomic mass is 16.5. The van der Waals surface area contributed by atoms with E-state index in [1.54, 1.807) is 6.07 Å². The van der Waals surface area contributed by atoms with Crippen LogP contribution < -0.4 is 9.47 Å². The first kappa shape index (κ1) is 11.7. The maximum Gasteiger partial charge on any atom is 0.328 e. The van der Waals surface area contributed by atoms with Gasteiger partial charge in [-0.05, 0) is 0 Å². The summed E-state index contributed by atoms with van der Waals surface area (Å²) in [6.45, 7) is 0. The lowest BCUT2D eigenvalue weighted by atomic mass is 10.1. The van der Waals surface area contributed by atoms with Crippen molar-refractivity contribution >= 4 is 5.97 Å². The number of ether oxygens (including phenoxy) is 2. The number of hydrogen-bond donors (Lipinski definition) is 1. The second-order valence-electron chi connectivity index (χ2n) is 2.71. The van der Waals surface area contributed by atoms with Gasteiger partial charge in [0.1, 0.15) is 0 Å². The van der Waals surface area contributed by atoms with Crippen molar-refractivity contribution in [3.05, 3.63) is 11.9 Å². The van der Waals surface area contributed by atoms with E-state index in [4.69, 9.17) is 19.8 Å². The second kappa shape index (κ2) is 4.93. The highest BCUT2D eigenvalue weighted by Gasteiger charge is 2.24. The molecular weight excluding hydrogens is 214 g/mol. The summed E-state index contributed by atoms with van der Waals surface area (Å²) in [6, 6.07) is 2.97. The second-order valence-corrected chi connectivity index (χ2v) is 2.71. The third-order valence-electron chi connectivity index (χ3n) is 1.75. The fourth-order valence-electron chi connectivity index (χ4n) is 0.983. The minimum absolute atomic E-state index is 0.142. The number of hydrogen-bond acceptors (Lipinski definition) is 6. The van der Waals surface area contributed by atoms with Gasteiger partial charge in [0.25, 0.3) is 0 Å². The van der Waals surface area contributed by atoms with Crippen molar-refractivity contribution in [2.45, 2.75) is 5.92 Å². The van der Waals surface area contributed by atoms with Crippen LogP contribution in [-0.4, -0.2) is 35.3 Å². The van der Waals surface area contributed by atoms with Crippen molar-refractivity contribution < 1.29 is 19.4 Å². The standard InChI is InChI=1S/C9H9N3O4/c1-15-6-3-7(16-2)12-8(11-6)5(4-10)9(13)14/h3,5H,1-2H3,(H,13,14). The van der Waals surface area contributed by atoms with Gasteiger partial charge < -0.3 is 14.6 Å². The van der Waals surface area contributed by atoms with E-state index in [2.05, 4.69) is 9.97 Å². The van der Waals surface area contributed by atoms with Gasteiger partial charge in [0.05, 0.1) is 26.4 Å². The third-order valence-corrected chi connectivity index (χ3v) is 1.75. The fourth-order valence-corrected chi connectivity index (χ4v) is 0.983. The lowest BCUT2D eigenvalue weighted by molar-refractivity contribution is -0.137. The predicted molar refractivity (Wildman–Crippen MR) is 51.1 cm³/mol. The maximum absolute atomic E-state index is 10.7. The van der Waals surface area contributed by atoms with E-state index in [0.717, 1.165) is 0 Å². The quantitative estimate of drug-likeness (QED) is 0.776. The molecule has 1 rings (SSSR count). The summed E-state index contributed by atoms with van der Waals surface area (Å²) in [6.07, 6.45) is 0. The zero-order valence-electron chi connectivity index (χ0n) is 8.67. The van der Waals surface area contributed by atoms with Crippen LogP contribution in [0.1, 0.15) is 11.7 Å². The summed E-state index contributed by atoms with van der Waals surface area (Å²) in [7, 11) is 2.74. The molecule has 0 aliphatic rings. The lowest BCUT2D eigenvalue weighted by Crippen LogP contribution is -2.13. The van der Waals surface area contributed by atoms with E-state index < -0.39 is 11.9 Å². The Labute approximate surface area is 91.3 Å². The van der Waals surface area contributed by atoms with Crippen LogP contribution in [0.15, 0.2) is 6.07 Å². The van der Waals surface area contributed by atoms with Crippen LogP contribution in [0.25, 0.3) is 0 Å². The molecule has 1 aromatic heterocycles. The summed E-state index contributed by atoms with van der Waals surface area (Å²) in [5, 5.41) is 17.5. The number of carbonyl (C=O) groups is 1. The Bertz CT molecular complexity index is 419. The minimum atomic E-state index is -1.44. The van der Waals surface area contributed by atoms with E-state index in [1.807, 2.05) is 0 Å². The highest BCUT2D eigenvalue weighted by Crippen LogP contribution is 2.19. The number of carboxylic acid groups (broad SMARTS) is 1. The third kappa shape index (κ3) is 2.36. The topological polar surface area (TPSA) is 105 Å². The molecule has 0 bridgehead atoms. The van der Waals surface area contributed by atoms with Gasteiger partial charge in [-0.2, -0.15) is 15.2 Å². The summed E-state index contributed by atoms with van der Waals surface area (Å²) < 4.78 is 9.68. The molecule has 0 spiro atoms. The highest BCUT2D eigenvalue weighted by molar-refractivity contribution is 5.78. The summed E-state index contributed by atoms with van der Waals surface area (Å²) in [5.74, 6) is -2.64. The molecule has 0 amide bonds. The number of carboxylic acids is 1. The van der Waals surface area contributed by atoms with Crippen LogP contribution in [0.2, 0.25) is 0 Å². The molecule has 0 aliphatic heterocycles. The molecule has 1 unspecified atom stereocenters. The van der Waals surface area contributed by atoms with Gasteiger partial charge >= 0.3 is 5.97 Å². The summed E-state index contributed by atoms with van der Waals surface area (Å²) in [4.78, 5) is 18.3. The number of methoxy groups -OCH3 is 2. The molecule has 1 N–H and O–H groups in total. The van der Waals surface area contributed by atoms with Crippen LogP contribution in [0.5, 0.6) is 11.8 Å².